The van der Waals surface area contributed by atoms with Gasteiger partial charge in [-0.2, -0.15) is 0 Å². The highest BCUT2D eigenvalue weighted by Crippen LogP contribution is 2.20. The standard InChI is InChI=1S/C17H17N3O5/c21-15(19-10-12-3-2-8-25-12)14-4-1-7-20(14)16(22)13-9-11(17(23)24)5-6-18-13/h2-3,5-6,8-9,14H,1,4,7,10H2,(H,19,21)(H,23,24). The molecule has 1 aliphatic rings. The van der Waals surface area contributed by atoms with Crippen LogP contribution in [0, 0.1) is 0 Å². The van der Waals surface area contributed by atoms with Gasteiger partial charge in [-0.25, -0.2) is 4.79 Å². The first-order valence-corrected chi connectivity index (χ1v) is 7.86. The van der Waals surface area contributed by atoms with Crippen LogP contribution in [-0.4, -0.2) is 45.4 Å². The van der Waals surface area contributed by atoms with Crippen LogP contribution in [0.2, 0.25) is 0 Å². The second kappa shape index (κ2) is 7.16. The molecule has 2 amide bonds. The number of pyridine rings is 1. The van der Waals surface area contributed by atoms with Crippen LogP contribution in [0.4, 0.5) is 0 Å². The minimum Gasteiger partial charge on any atom is -0.478 e. The van der Waals surface area contributed by atoms with Gasteiger partial charge in [0.05, 0.1) is 18.4 Å². The summed E-state index contributed by atoms with van der Waals surface area (Å²) in [6, 6.07) is 5.42. The number of hydrogen-bond donors (Lipinski definition) is 2. The molecule has 0 aromatic carbocycles. The van der Waals surface area contributed by atoms with Crippen LogP contribution in [0.15, 0.2) is 41.1 Å². The number of aromatic nitrogens is 1. The Balaban J connectivity index is 1.70. The van der Waals surface area contributed by atoms with Gasteiger partial charge in [0.2, 0.25) is 5.91 Å². The molecule has 0 spiro atoms. The SMILES string of the molecule is O=C(O)c1ccnc(C(=O)N2CCCC2C(=O)NCc2ccco2)c1. The van der Waals surface area contributed by atoms with Gasteiger partial charge >= 0.3 is 5.97 Å². The minimum absolute atomic E-state index is 0.0173. The normalized spacial score (nSPS) is 16.6. The number of hydrogen-bond acceptors (Lipinski definition) is 5. The first kappa shape index (κ1) is 16.7. The highest BCUT2D eigenvalue weighted by atomic mass is 16.4. The topological polar surface area (TPSA) is 113 Å². The first-order valence-electron chi connectivity index (χ1n) is 7.86. The molecule has 1 saturated heterocycles. The van der Waals surface area contributed by atoms with Crippen LogP contribution in [-0.2, 0) is 11.3 Å². The smallest absolute Gasteiger partial charge is 0.335 e. The Labute approximate surface area is 143 Å². The van der Waals surface area contributed by atoms with Crippen LogP contribution in [0.25, 0.3) is 0 Å². The number of likely N-dealkylation sites (tertiary alicyclic amines) is 1. The number of carboxylic acids is 1. The summed E-state index contributed by atoms with van der Waals surface area (Å²) in [6.45, 7) is 0.674. The molecule has 0 radical (unpaired) electrons. The van der Waals surface area contributed by atoms with Crippen LogP contribution < -0.4 is 5.32 Å². The van der Waals surface area contributed by atoms with E-state index < -0.39 is 17.9 Å². The van der Waals surface area contributed by atoms with Gasteiger partial charge in [0.15, 0.2) is 0 Å². The molecule has 0 aliphatic carbocycles. The van der Waals surface area contributed by atoms with Crippen molar-refractivity contribution >= 4 is 17.8 Å². The molecule has 1 atom stereocenters. The van der Waals surface area contributed by atoms with E-state index in [9.17, 15) is 14.4 Å². The van der Waals surface area contributed by atoms with E-state index in [-0.39, 0.29) is 23.7 Å². The molecule has 0 bridgehead atoms. The second-order valence-electron chi connectivity index (χ2n) is 5.69. The van der Waals surface area contributed by atoms with Crippen molar-refractivity contribution in [2.45, 2.75) is 25.4 Å². The first-order chi connectivity index (χ1) is 12.1. The van der Waals surface area contributed by atoms with Gasteiger partial charge in [0, 0.05) is 12.7 Å². The predicted molar refractivity (Wildman–Crippen MR) is 85.8 cm³/mol. The maximum Gasteiger partial charge on any atom is 0.335 e. The summed E-state index contributed by atoms with van der Waals surface area (Å²) < 4.78 is 5.16. The highest BCUT2D eigenvalue weighted by molar-refractivity contribution is 5.98. The van der Waals surface area contributed by atoms with E-state index in [0.29, 0.717) is 25.1 Å². The Kier molecular flexibility index (Phi) is 4.78. The van der Waals surface area contributed by atoms with Gasteiger partial charge in [0.25, 0.3) is 5.91 Å². The minimum atomic E-state index is -1.13. The van der Waals surface area contributed by atoms with Gasteiger partial charge in [-0.1, -0.05) is 0 Å². The number of carboxylic acid groups (broad SMARTS) is 1. The fraction of sp³-hybridized carbons (Fsp3) is 0.294. The van der Waals surface area contributed by atoms with E-state index in [1.54, 1.807) is 12.1 Å². The Morgan fingerprint density at radius 2 is 2.20 bits per heavy atom. The fourth-order valence-corrected chi connectivity index (χ4v) is 2.82. The molecule has 1 fully saturated rings. The lowest BCUT2D eigenvalue weighted by Crippen LogP contribution is -2.46. The number of furan rings is 1. The van der Waals surface area contributed by atoms with E-state index in [0.717, 1.165) is 0 Å². The van der Waals surface area contributed by atoms with E-state index in [1.165, 1.54) is 29.5 Å². The number of nitrogens with zero attached hydrogens (tertiary/aromatic N) is 2. The maximum absolute atomic E-state index is 12.6. The van der Waals surface area contributed by atoms with Gasteiger partial charge < -0.3 is 19.7 Å². The van der Waals surface area contributed by atoms with Crippen molar-refractivity contribution in [1.29, 1.82) is 0 Å². The predicted octanol–water partition coefficient (Wildman–Crippen LogP) is 1.29. The summed E-state index contributed by atoms with van der Waals surface area (Å²) in [5.74, 6) is -1.22. The van der Waals surface area contributed by atoms with Crippen molar-refractivity contribution in [1.82, 2.24) is 15.2 Å². The third kappa shape index (κ3) is 3.68. The number of rotatable bonds is 5. The Morgan fingerprint density at radius 3 is 2.92 bits per heavy atom. The largest absolute Gasteiger partial charge is 0.478 e. The molecular formula is C17H17N3O5. The zero-order valence-electron chi connectivity index (χ0n) is 13.3. The van der Waals surface area contributed by atoms with E-state index in [1.807, 2.05) is 0 Å². The average Bonchev–Trinajstić information content (AvgIpc) is 3.30. The summed E-state index contributed by atoms with van der Waals surface area (Å²) in [4.78, 5) is 41.5. The highest BCUT2D eigenvalue weighted by Gasteiger charge is 2.35. The summed E-state index contributed by atoms with van der Waals surface area (Å²) in [6.07, 6.45) is 4.05. The number of amides is 2. The average molecular weight is 343 g/mol. The number of nitrogens with one attached hydrogen (secondary N) is 1. The van der Waals surface area contributed by atoms with Crippen LogP contribution in [0.3, 0.4) is 0 Å². The van der Waals surface area contributed by atoms with Crippen molar-refractivity contribution < 1.29 is 23.9 Å². The second-order valence-corrected chi connectivity index (χ2v) is 5.69. The van der Waals surface area contributed by atoms with Gasteiger partial charge in [-0.15, -0.1) is 0 Å². The molecule has 1 unspecified atom stereocenters. The zero-order chi connectivity index (χ0) is 17.8. The number of carbonyl (C=O) groups excluding carboxylic acids is 2. The maximum atomic E-state index is 12.6. The van der Waals surface area contributed by atoms with Crippen LogP contribution >= 0.6 is 0 Å². The molecule has 3 heterocycles. The molecule has 2 aromatic rings. The van der Waals surface area contributed by atoms with E-state index in [2.05, 4.69) is 10.3 Å². The Morgan fingerprint density at radius 1 is 1.36 bits per heavy atom. The van der Waals surface area contributed by atoms with Crippen molar-refractivity contribution in [3.63, 3.8) is 0 Å². The summed E-state index contributed by atoms with van der Waals surface area (Å²) in [5.41, 5.74) is 0.00185. The lowest BCUT2D eigenvalue weighted by molar-refractivity contribution is -0.125. The number of aromatic carboxylic acids is 1. The van der Waals surface area contributed by atoms with Crippen molar-refractivity contribution in [3.8, 4) is 0 Å². The molecule has 130 valence electrons. The fourth-order valence-electron chi connectivity index (χ4n) is 2.82. The molecule has 0 saturated carbocycles. The molecule has 2 N–H and O–H groups in total. The van der Waals surface area contributed by atoms with Gasteiger partial charge in [-0.05, 0) is 37.1 Å². The van der Waals surface area contributed by atoms with Crippen molar-refractivity contribution in [2.24, 2.45) is 0 Å². The monoisotopic (exact) mass is 343 g/mol. The van der Waals surface area contributed by atoms with E-state index in [4.69, 9.17) is 9.52 Å². The quantitative estimate of drug-likeness (QED) is 0.846. The summed E-state index contributed by atoms with van der Waals surface area (Å²) in [5, 5.41) is 11.8. The van der Waals surface area contributed by atoms with Gasteiger partial charge in [-0.3, -0.25) is 14.6 Å². The van der Waals surface area contributed by atoms with Crippen molar-refractivity contribution in [3.05, 3.63) is 53.7 Å². The van der Waals surface area contributed by atoms with Gasteiger partial charge in [0.1, 0.15) is 17.5 Å². The van der Waals surface area contributed by atoms with Crippen LogP contribution in [0.1, 0.15) is 39.4 Å². The molecule has 2 aromatic heterocycles. The molecule has 25 heavy (non-hydrogen) atoms. The lowest BCUT2D eigenvalue weighted by atomic mass is 10.1. The Hall–Kier alpha value is -3.16. The summed E-state index contributed by atoms with van der Waals surface area (Å²) in [7, 11) is 0. The van der Waals surface area contributed by atoms with Crippen molar-refractivity contribution in [2.75, 3.05) is 6.54 Å². The lowest BCUT2D eigenvalue weighted by Gasteiger charge is -2.23. The third-order valence-corrected chi connectivity index (χ3v) is 4.06. The molecule has 1 aliphatic heterocycles. The van der Waals surface area contributed by atoms with Crippen LogP contribution in [0.5, 0.6) is 0 Å². The molecule has 8 nitrogen and oxygen atoms in total. The molecule has 3 rings (SSSR count). The zero-order valence-corrected chi connectivity index (χ0v) is 13.3. The number of carbonyl (C=O) groups is 3. The van der Waals surface area contributed by atoms with E-state index >= 15 is 0 Å². The molecular weight excluding hydrogens is 326 g/mol. The summed E-state index contributed by atoms with van der Waals surface area (Å²) >= 11 is 0. The molecule has 8 heteroatoms. The third-order valence-electron chi connectivity index (χ3n) is 4.06. The Bertz CT molecular complexity index is 787.